The van der Waals surface area contributed by atoms with Crippen LogP contribution in [0.5, 0.6) is 0 Å². The van der Waals surface area contributed by atoms with Crippen LogP contribution in [0.4, 0.5) is 16.1 Å². The molecular weight excluding hydrogens is 227 g/mol. The number of nitrogens with one attached hydrogen (secondary N) is 1. The van der Waals surface area contributed by atoms with Crippen molar-refractivity contribution in [3.05, 3.63) is 35.4 Å². The van der Waals surface area contributed by atoms with E-state index in [1.54, 1.807) is 6.92 Å². The zero-order valence-corrected chi connectivity index (χ0v) is 8.90. The Kier molecular flexibility index (Phi) is 2.73. The van der Waals surface area contributed by atoms with Crippen LogP contribution in [0, 0.1) is 12.7 Å². The lowest BCUT2D eigenvalue weighted by molar-refractivity contribution is 0.102. The number of amides is 1. The molecule has 0 atom stereocenters. The van der Waals surface area contributed by atoms with E-state index in [-0.39, 0.29) is 17.3 Å². The first-order chi connectivity index (χ1) is 8.06. The second kappa shape index (κ2) is 4.20. The largest absolute Gasteiger partial charge is 0.383 e. The van der Waals surface area contributed by atoms with Crippen LogP contribution in [0.2, 0.25) is 0 Å². The number of carbonyl (C=O) groups is 1. The predicted octanol–water partition coefficient (Wildman–Crippen LogP) is 1.35. The van der Waals surface area contributed by atoms with Gasteiger partial charge in [-0.3, -0.25) is 10.1 Å². The fourth-order valence-electron chi connectivity index (χ4n) is 1.23. The number of aryl methyl sites for hydroxylation is 1. The molecule has 2 heterocycles. The molecule has 6 nitrogen and oxygen atoms in total. The summed E-state index contributed by atoms with van der Waals surface area (Å²) in [6, 6.07) is 2.53. The van der Waals surface area contributed by atoms with Gasteiger partial charge in [0.05, 0.1) is 17.5 Å². The van der Waals surface area contributed by atoms with Crippen molar-refractivity contribution in [1.82, 2.24) is 10.1 Å². The molecule has 88 valence electrons. The summed E-state index contributed by atoms with van der Waals surface area (Å²) >= 11 is 0. The molecule has 0 saturated heterocycles. The van der Waals surface area contributed by atoms with E-state index in [0.29, 0.717) is 5.69 Å². The van der Waals surface area contributed by atoms with Crippen molar-refractivity contribution < 1.29 is 13.7 Å². The Bertz CT molecular complexity index is 567. The number of aromatic nitrogens is 2. The number of nitrogens with two attached hydrogens (primary N) is 1. The molecule has 0 aromatic carbocycles. The topological polar surface area (TPSA) is 94.0 Å². The van der Waals surface area contributed by atoms with E-state index in [9.17, 15) is 9.18 Å². The summed E-state index contributed by atoms with van der Waals surface area (Å²) in [6.45, 7) is 1.71. The zero-order valence-electron chi connectivity index (χ0n) is 8.90. The number of nitrogen functional groups attached to an aromatic ring is 1. The Morgan fingerprint density at radius 1 is 1.53 bits per heavy atom. The summed E-state index contributed by atoms with van der Waals surface area (Å²) in [7, 11) is 0. The third kappa shape index (κ3) is 2.39. The normalized spacial score (nSPS) is 10.2. The number of hydrogen-bond acceptors (Lipinski definition) is 5. The van der Waals surface area contributed by atoms with Crippen LogP contribution in [-0.4, -0.2) is 16.0 Å². The average Bonchev–Trinajstić information content (AvgIpc) is 2.67. The SMILES string of the molecule is Cc1cc(NC(=O)c2cc(F)cnc2N)on1. The minimum Gasteiger partial charge on any atom is -0.383 e. The second-order valence-corrected chi connectivity index (χ2v) is 3.37. The molecule has 7 heteroatoms. The Labute approximate surface area is 95.6 Å². The maximum Gasteiger partial charge on any atom is 0.261 e. The third-order valence-corrected chi connectivity index (χ3v) is 1.99. The lowest BCUT2D eigenvalue weighted by Gasteiger charge is -2.03. The smallest absolute Gasteiger partial charge is 0.261 e. The highest BCUT2D eigenvalue weighted by Gasteiger charge is 2.14. The molecule has 0 saturated carbocycles. The van der Waals surface area contributed by atoms with Gasteiger partial charge in [-0.05, 0) is 13.0 Å². The molecule has 17 heavy (non-hydrogen) atoms. The Balaban J connectivity index is 2.22. The standard InChI is InChI=1S/C10H9FN4O2/c1-5-2-8(17-15-5)14-10(16)7-3-6(11)4-13-9(7)12/h2-4H,1H3,(H2,12,13)(H,14,16). The van der Waals surface area contributed by atoms with E-state index in [1.165, 1.54) is 6.07 Å². The highest BCUT2D eigenvalue weighted by atomic mass is 19.1. The van der Waals surface area contributed by atoms with Crippen LogP contribution in [0.15, 0.2) is 22.9 Å². The molecule has 3 N–H and O–H groups in total. The first kappa shape index (κ1) is 11.1. The molecule has 2 aromatic heterocycles. The van der Waals surface area contributed by atoms with Crippen molar-refractivity contribution in [3.63, 3.8) is 0 Å². The fourth-order valence-corrected chi connectivity index (χ4v) is 1.23. The van der Waals surface area contributed by atoms with Crippen LogP contribution < -0.4 is 11.1 Å². The van der Waals surface area contributed by atoms with Crippen molar-refractivity contribution in [2.75, 3.05) is 11.1 Å². The van der Waals surface area contributed by atoms with E-state index in [2.05, 4.69) is 15.5 Å². The summed E-state index contributed by atoms with van der Waals surface area (Å²) in [6.07, 6.45) is 0.935. The molecule has 1 amide bonds. The number of rotatable bonds is 2. The van der Waals surface area contributed by atoms with Gasteiger partial charge >= 0.3 is 0 Å². The van der Waals surface area contributed by atoms with Crippen molar-refractivity contribution >= 4 is 17.6 Å². The minimum absolute atomic E-state index is 0.0554. The lowest BCUT2D eigenvalue weighted by atomic mass is 10.2. The lowest BCUT2D eigenvalue weighted by Crippen LogP contribution is -2.14. The van der Waals surface area contributed by atoms with E-state index >= 15 is 0 Å². The molecule has 0 bridgehead atoms. The fraction of sp³-hybridized carbons (Fsp3) is 0.100. The van der Waals surface area contributed by atoms with Crippen LogP contribution in [-0.2, 0) is 0 Å². The van der Waals surface area contributed by atoms with Crippen molar-refractivity contribution in [3.8, 4) is 0 Å². The summed E-state index contributed by atoms with van der Waals surface area (Å²) in [4.78, 5) is 15.3. The molecular formula is C10H9FN4O2. The highest BCUT2D eigenvalue weighted by Crippen LogP contribution is 2.14. The molecule has 2 rings (SSSR count). The van der Waals surface area contributed by atoms with E-state index in [0.717, 1.165) is 12.3 Å². The summed E-state index contributed by atoms with van der Waals surface area (Å²) in [5, 5.41) is 5.98. The summed E-state index contributed by atoms with van der Waals surface area (Å²) in [5.74, 6) is -1.14. The van der Waals surface area contributed by atoms with Gasteiger partial charge in [0.1, 0.15) is 11.6 Å². The number of halogens is 1. The number of nitrogens with zero attached hydrogens (tertiary/aromatic N) is 2. The molecule has 0 radical (unpaired) electrons. The molecule has 2 aromatic rings. The summed E-state index contributed by atoms with van der Waals surface area (Å²) in [5.41, 5.74) is 6.02. The molecule has 0 fully saturated rings. The van der Waals surface area contributed by atoms with Crippen LogP contribution in [0.3, 0.4) is 0 Å². The highest BCUT2D eigenvalue weighted by molar-refractivity contribution is 6.06. The molecule has 0 unspecified atom stereocenters. The number of pyridine rings is 1. The first-order valence-electron chi connectivity index (χ1n) is 4.72. The minimum atomic E-state index is -0.641. The molecule has 0 aliphatic heterocycles. The van der Waals surface area contributed by atoms with Gasteiger partial charge in [-0.1, -0.05) is 5.16 Å². The molecule has 0 spiro atoms. The van der Waals surface area contributed by atoms with E-state index in [1.807, 2.05) is 0 Å². The second-order valence-electron chi connectivity index (χ2n) is 3.37. The Morgan fingerprint density at radius 3 is 2.94 bits per heavy atom. The summed E-state index contributed by atoms with van der Waals surface area (Å²) < 4.78 is 17.7. The van der Waals surface area contributed by atoms with Crippen LogP contribution in [0.1, 0.15) is 16.1 Å². The van der Waals surface area contributed by atoms with Gasteiger partial charge in [-0.2, -0.15) is 0 Å². The van der Waals surface area contributed by atoms with Gasteiger partial charge in [-0.15, -0.1) is 0 Å². The quantitative estimate of drug-likeness (QED) is 0.820. The zero-order chi connectivity index (χ0) is 12.4. The van der Waals surface area contributed by atoms with Crippen LogP contribution in [0.25, 0.3) is 0 Å². The maximum atomic E-state index is 12.9. The number of anilines is 2. The monoisotopic (exact) mass is 236 g/mol. The van der Waals surface area contributed by atoms with Crippen molar-refractivity contribution in [2.24, 2.45) is 0 Å². The average molecular weight is 236 g/mol. The van der Waals surface area contributed by atoms with E-state index < -0.39 is 11.7 Å². The number of carbonyl (C=O) groups excluding carboxylic acids is 1. The van der Waals surface area contributed by atoms with Gasteiger partial charge in [0.15, 0.2) is 0 Å². The van der Waals surface area contributed by atoms with E-state index in [4.69, 9.17) is 10.3 Å². The third-order valence-electron chi connectivity index (χ3n) is 1.99. The Morgan fingerprint density at radius 2 is 2.29 bits per heavy atom. The Hall–Kier alpha value is -2.44. The van der Waals surface area contributed by atoms with Crippen LogP contribution >= 0.6 is 0 Å². The predicted molar refractivity (Wildman–Crippen MR) is 57.8 cm³/mol. The van der Waals surface area contributed by atoms with Gasteiger partial charge in [0, 0.05) is 6.07 Å². The maximum absolute atomic E-state index is 12.9. The first-order valence-corrected chi connectivity index (χ1v) is 4.72. The molecule has 0 aliphatic rings. The van der Waals surface area contributed by atoms with Gasteiger partial charge in [-0.25, -0.2) is 9.37 Å². The number of hydrogen-bond donors (Lipinski definition) is 2. The van der Waals surface area contributed by atoms with Gasteiger partial charge in [0.25, 0.3) is 5.91 Å². The van der Waals surface area contributed by atoms with Crippen molar-refractivity contribution in [2.45, 2.75) is 6.92 Å². The van der Waals surface area contributed by atoms with Crippen molar-refractivity contribution in [1.29, 1.82) is 0 Å². The van der Waals surface area contributed by atoms with Gasteiger partial charge < -0.3 is 10.3 Å². The van der Waals surface area contributed by atoms with Gasteiger partial charge in [0.2, 0.25) is 5.88 Å². The molecule has 0 aliphatic carbocycles.